The van der Waals surface area contributed by atoms with Gasteiger partial charge in [-0.2, -0.15) is 4.98 Å². The van der Waals surface area contributed by atoms with Crippen molar-refractivity contribution in [3.05, 3.63) is 10.6 Å². The molecule has 4 aliphatic carbocycles. The smallest absolute Gasteiger partial charge is 0.374 e. The molecular weight excluding hydrogens is 508 g/mol. The van der Waals surface area contributed by atoms with E-state index in [0.717, 1.165) is 49.2 Å². The van der Waals surface area contributed by atoms with Crippen molar-refractivity contribution in [1.82, 2.24) is 29.7 Å². The summed E-state index contributed by atoms with van der Waals surface area (Å²) < 4.78 is 13.5. The molecular formula is C29H40N8O3. The SMILES string of the molecule is CC1CCC2(CC1)CC2n1c(N2CCOC3CCCC32)nc2nc(-c3noc(=O)[nH]3)nc(N[C@H](C)C3CCC3)c21. The van der Waals surface area contributed by atoms with Crippen LogP contribution in [0.25, 0.3) is 22.8 Å². The highest BCUT2D eigenvalue weighted by Crippen LogP contribution is 2.66. The molecule has 0 amide bonds. The lowest BCUT2D eigenvalue weighted by atomic mass is 9.80. The predicted octanol–water partition coefficient (Wildman–Crippen LogP) is 4.67. The van der Waals surface area contributed by atoms with E-state index in [0.29, 0.717) is 34.9 Å². The molecule has 0 bridgehead atoms. The summed E-state index contributed by atoms with van der Waals surface area (Å²) in [6, 6.07) is 1.01. The number of aromatic nitrogens is 6. The zero-order valence-corrected chi connectivity index (χ0v) is 23.6. The van der Waals surface area contributed by atoms with Crippen LogP contribution in [-0.2, 0) is 4.74 Å². The Bertz CT molecular complexity index is 1470. The number of morpholine rings is 1. The van der Waals surface area contributed by atoms with E-state index in [1.807, 2.05) is 0 Å². The summed E-state index contributed by atoms with van der Waals surface area (Å²) in [5, 5.41) is 7.69. The van der Waals surface area contributed by atoms with E-state index in [-0.39, 0.29) is 18.0 Å². The van der Waals surface area contributed by atoms with Gasteiger partial charge in [0.05, 0.1) is 18.8 Å². The van der Waals surface area contributed by atoms with Gasteiger partial charge in [-0.15, -0.1) is 0 Å². The first-order valence-electron chi connectivity index (χ1n) is 15.5. The third-order valence-corrected chi connectivity index (χ3v) is 10.9. The van der Waals surface area contributed by atoms with E-state index in [4.69, 9.17) is 24.2 Å². The molecule has 8 rings (SSSR count). The lowest BCUT2D eigenvalue weighted by Crippen LogP contribution is -2.49. The van der Waals surface area contributed by atoms with Gasteiger partial charge in [-0.05, 0) is 75.5 Å². The van der Waals surface area contributed by atoms with Gasteiger partial charge in [0.1, 0.15) is 5.52 Å². The molecule has 0 aromatic carbocycles. The monoisotopic (exact) mass is 548 g/mol. The maximum Gasteiger partial charge on any atom is 0.439 e. The Morgan fingerprint density at radius 3 is 2.65 bits per heavy atom. The minimum atomic E-state index is -0.616. The molecule has 1 aliphatic heterocycles. The van der Waals surface area contributed by atoms with Gasteiger partial charge >= 0.3 is 5.76 Å². The summed E-state index contributed by atoms with van der Waals surface area (Å²) in [6.07, 6.45) is 13.8. The number of rotatable bonds is 6. The number of fused-ring (bicyclic) bond motifs is 2. The average Bonchev–Trinajstić information content (AvgIpc) is 3.32. The Balaban J connectivity index is 1.29. The summed E-state index contributed by atoms with van der Waals surface area (Å²) in [5.74, 6) is 3.17. The number of ether oxygens (including phenoxy) is 1. The van der Waals surface area contributed by atoms with E-state index in [2.05, 4.69) is 38.8 Å². The highest BCUT2D eigenvalue weighted by molar-refractivity contribution is 5.88. The molecule has 3 aromatic rings. The maximum atomic E-state index is 11.8. The second-order valence-corrected chi connectivity index (χ2v) is 13.3. The topological polar surface area (TPSA) is 127 Å². The van der Waals surface area contributed by atoms with Crippen LogP contribution in [0.4, 0.5) is 11.8 Å². The molecule has 0 radical (unpaired) electrons. The van der Waals surface area contributed by atoms with Crippen LogP contribution in [0.15, 0.2) is 9.32 Å². The fourth-order valence-electron chi connectivity index (χ4n) is 8.03. The first-order valence-corrected chi connectivity index (χ1v) is 15.5. The Hall–Kier alpha value is -2.95. The van der Waals surface area contributed by atoms with E-state index in [9.17, 15) is 4.79 Å². The molecule has 1 spiro atoms. The molecule has 3 aromatic heterocycles. The molecule has 4 atom stereocenters. The minimum absolute atomic E-state index is 0.230. The highest BCUT2D eigenvalue weighted by atomic mass is 16.5. The molecule has 5 aliphatic rings. The number of nitrogens with one attached hydrogen (secondary N) is 2. The van der Waals surface area contributed by atoms with Gasteiger partial charge in [0.15, 0.2) is 11.5 Å². The van der Waals surface area contributed by atoms with Crippen molar-refractivity contribution in [2.24, 2.45) is 17.3 Å². The molecule has 4 saturated carbocycles. The summed E-state index contributed by atoms with van der Waals surface area (Å²) >= 11 is 0. The fourth-order valence-corrected chi connectivity index (χ4v) is 8.03. The van der Waals surface area contributed by atoms with Gasteiger partial charge in [-0.1, -0.05) is 31.3 Å². The van der Waals surface area contributed by atoms with Crippen LogP contribution in [-0.4, -0.2) is 61.0 Å². The van der Waals surface area contributed by atoms with Gasteiger partial charge in [0, 0.05) is 18.6 Å². The lowest BCUT2D eigenvalue weighted by Gasteiger charge is -2.39. The lowest BCUT2D eigenvalue weighted by molar-refractivity contribution is 0.0247. The molecule has 40 heavy (non-hydrogen) atoms. The van der Waals surface area contributed by atoms with Gasteiger partial charge in [0.2, 0.25) is 17.6 Å². The molecule has 4 heterocycles. The van der Waals surface area contributed by atoms with Crippen LogP contribution in [0, 0.1) is 17.3 Å². The van der Waals surface area contributed by atoms with Crippen molar-refractivity contribution in [2.45, 2.75) is 109 Å². The predicted molar refractivity (Wildman–Crippen MR) is 150 cm³/mol. The summed E-state index contributed by atoms with van der Waals surface area (Å²) in [6.45, 7) is 6.20. The third kappa shape index (κ3) is 3.98. The van der Waals surface area contributed by atoms with E-state index in [1.54, 1.807) is 0 Å². The van der Waals surface area contributed by atoms with Crippen molar-refractivity contribution in [3.8, 4) is 11.6 Å². The number of anilines is 2. The molecule has 5 fully saturated rings. The van der Waals surface area contributed by atoms with Crippen molar-refractivity contribution < 1.29 is 9.26 Å². The van der Waals surface area contributed by atoms with E-state index in [1.165, 1.54) is 57.8 Å². The Labute approximate surface area is 233 Å². The summed E-state index contributed by atoms with van der Waals surface area (Å²) in [7, 11) is 0. The molecule has 1 saturated heterocycles. The van der Waals surface area contributed by atoms with Crippen LogP contribution in [0.3, 0.4) is 0 Å². The third-order valence-electron chi connectivity index (χ3n) is 10.9. The molecule has 214 valence electrons. The number of hydrogen-bond donors (Lipinski definition) is 2. The summed E-state index contributed by atoms with van der Waals surface area (Å²) in [5.41, 5.74) is 1.97. The zero-order valence-electron chi connectivity index (χ0n) is 23.6. The van der Waals surface area contributed by atoms with Crippen molar-refractivity contribution in [2.75, 3.05) is 23.4 Å². The quantitative estimate of drug-likeness (QED) is 0.452. The Morgan fingerprint density at radius 2 is 1.90 bits per heavy atom. The Kier molecular flexibility index (Phi) is 5.76. The van der Waals surface area contributed by atoms with Crippen molar-refractivity contribution >= 4 is 22.9 Å². The van der Waals surface area contributed by atoms with E-state index >= 15 is 0 Å². The second kappa shape index (κ2) is 9.29. The number of hydrogen-bond acceptors (Lipinski definition) is 9. The average molecular weight is 549 g/mol. The molecule has 2 N–H and O–H groups in total. The normalized spacial score (nSPS) is 32.8. The van der Waals surface area contributed by atoms with Gasteiger partial charge in [0.25, 0.3) is 0 Å². The number of imidazole rings is 1. The molecule has 11 heteroatoms. The molecule has 11 nitrogen and oxygen atoms in total. The molecule has 3 unspecified atom stereocenters. The Morgan fingerprint density at radius 1 is 1.07 bits per heavy atom. The summed E-state index contributed by atoms with van der Waals surface area (Å²) in [4.78, 5) is 32.1. The zero-order chi connectivity index (χ0) is 27.0. The van der Waals surface area contributed by atoms with Gasteiger partial charge in [-0.3, -0.25) is 9.51 Å². The van der Waals surface area contributed by atoms with Crippen LogP contribution < -0.4 is 16.0 Å². The van der Waals surface area contributed by atoms with Crippen LogP contribution in [0.1, 0.15) is 90.5 Å². The van der Waals surface area contributed by atoms with Crippen LogP contribution in [0.2, 0.25) is 0 Å². The van der Waals surface area contributed by atoms with Crippen molar-refractivity contribution in [1.29, 1.82) is 0 Å². The van der Waals surface area contributed by atoms with Crippen molar-refractivity contribution in [3.63, 3.8) is 0 Å². The standard InChI is InChI=1S/C29H40N8O3/c1-16-9-11-29(12-10-16)15-21(29)37-22-23(30-17(2)18-5-3-6-18)31-25(26-34-28(38)40-35-26)32-24(22)33-27(37)36-13-14-39-20-8-4-7-19(20)36/h16-21H,3-15H2,1-2H3,(H,30,31,32)(H,34,35,38)/t16?,17-,19?,20?,21?,29?/m1/s1. The highest BCUT2D eigenvalue weighted by Gasteiger charge is 2.57. The number of nitrogens with zero attached hydrogens (tertiary/aromatic N) is 6. The minimum Gasteiger partial charge on any atom is -0.374 e. The second-order valence-electron chi connectivity index (χ2n) is 13.3. The largest absolute Gasteiger partial charge is 0.439 e. The number of aromatic amines is 1. The fraction of sp³-hybridized carbons (Fsp3) is 0.759. The van der Waals surface area contributed by atoms with Gasteiger partial charge < -0.3 is 19.5 Å². The van der Waals surface area contributed by atoms with E-state index < -0.39 is 5.76 Å². The maximum absolute atomic E-state index is 11.8. The first kappa shape index (κ1) is 24.8. The van der Waals surface area contributed by atoms with Gasteiger partial charge in [-0.25, -0.2) is 14.8 Å². The first-order chi connectivity index (χ1) is 19.5. The van der Waals surface area contributed by atoms with Crippen LogP contribution >= 0.6 is 0 Å². The number of H-pyrrole nitrogens is 1. The van der Waals surface area contributed by atoms with Crippen LogP contribution in [0.5, 0.6) is 0 Å².